The van der Waals surface area contributed by atoms with Gasteiger partial charge in [-0.05, 0) is 67.1 Å². The van der Waals surface area contributed by atoms with E-state index in [1.807, 2.05) is 56.6 Å². The molecule has 0 aliphatic carbocycles. The molecule has 6 nitrogen and oxygen atoms in total. The summed E-state index contributed by atoms with van der Waals surface area (Å²) in [5, 5.41) is 13.1. The maximum Gasteiger partial charge on any atom is 0.133 e. The molecule has 158 valence electrons. The summed E-state index contributed by atoms with van der Waals surface area (Å²) in [6.45, 7) is 2.31. The first-order chi connectivity index (χ1) is 15.6. The third-order valence-electron chi connectivity index (χ3n) is 5.27. The van der Waals surface area contributed by atoms with E-state index in [2.05, 4.69) is 15.3 Å². The van der Waals surface area contributed by atoms with E-state index in [0.717, 1.165) is 50.3 Å². The second-order valence-corrected chi connectivity index (χ2v) is 7.60. The minimum Gasteiger partial charge on any atom is -0.487 e. The smallest absolute Gasteiger partial charge is 0.133 e. The van der Waals surface area contributed by atoms with Crippen LogP contribution in [0.15, 0.2) is 73.2 Å². The summed E-state index contributed by atoms with van der Waals surface area (Å²) >= 11 is 0. The Labute approximate surface area is 184 Å². The van der Waals surface area contributed by atoms with E-state index in [1.165, 1.54) is 12.1 Å². The van der Waals surface area contributed by atoms with Crippen molar-refractivity contribution in [1.29, 1.82) is 0 Å². The summed E-state index contributed by atoms with van der Waals surface area (Å²) < 4.78 is 21.3. The van der Waals surface area contributed by atoms with E-state index in [4.69, 9.17) is 9.72 Å². The van der Waals surface area contributed by atoms with Gasteiger partial charge in [0.1, 0.15) is 23.9 Å². The summed E-state index contributed by atoms with van der Waals surface area (Å²) in [4.78, 5) is 4.73. The number of fused-ring (bicyclic) bond motifs is 1. The van der Waals surface area contributed by atoms with Crippen molar-refractivity contribution >= 4 is 10.9 Å². The first-order valence-corrected chi connectivity index (χ1v) is 10.2. The highest BCUT2D eigenvalue weighted by Crippen LogP contribution is 2.28. The molecule has 0 amide bonds. The third kappa shape index (κ3) is 3.92. The largest absolute Gasteiger partial charge is 0.487 e. The molecule has 3 heterocycles. The van der Waals surface area contributed by atoms with Gasteiger partial charge in [-0.25, -0.2) is 9.37 Å². The molecule has 3 aromatic heterocycles. The lowest BCUT2D eigenvalue weighted by molar-refractivity contribution is 0.300. The monoisotopic (exact) mass is 425 g/mol. The normalized spacial score (nSPS) is 11.1. The summed E-state index contributed by atoms with van der Waals surface area (Å²) in [6.07, 6.45) is 5.31. The van der Waals surface area contributed by atoms with Gasteiger partial charge in [-0.1, -0.05) is 0 Å². The predicted octanol–water partition coefficient (Wildman–Crippen LogP) is 5.12. The number of benzene rings is 2. The number of rotatable bonds is 5. The van der Waals surface area contributed by atoms with Gasteiger partial charge in [0.2, 0.25) is 0 Å². The zero-order valence-corrected chi connectivity index (χ0v) is 17.7. The first-order valence-electron chi connectivity index (χ1n) is 10.2. The van der Waals surface area contributed by atoms with Gasteiger partial charge >= 0.3 is 0 Å². The molecule has 0 saturated heterocycles. The van der Waals surface area contributed by atoms with Crippen LogP contribution in [-0.4, -0.2) is 25.0 Å². The second kappa shape index (κ2) is 8.19. The molecule has 32 heavy (non-hydrogen) atoms. The van der Waals surface area contributed by atoms with Crippen molar-refractivity contribution in [3.63, 3.8) is 0 Å². The van der Waals surface area contributed by atoms with Crippen LogP contribution in [0, 0.1) is 12.7 Å². The van der Waals surface area contributed by atoms with Crippen LogP contribution in [0.2, 0.25) is 0 Å². The molecule has 0 spiro atoms. The first kappa shape index (κ1) is 19.8. The molecule has 7 heteroatoms. The van der Waals surface area contributed by atoms with Gasteiger partial charge < -0.3 is 4.74 Å². The molecule has 5 aromatic rings. The summed E-state index contributed by atoms with van der Waals surface area (Å²) in [5.41, 5.74) is 6.33. The Bertz CT molecular complexity index is 1400. The fraction of sp³-hybridized carbons (Fsp3) is 0.120. The Morgan fingerprint density at radius 1 is 0.969 bits per heavy atom. The van der Waals surface area contributed by atoms with Crippen molar-refractivity contribution in [2.45, 2.75) is 13.5 Å². The van der Waals surface area contributed by atoms with Gasteiger partial charge in [0.05, 0.1) is 23.6 Å². The van der Waals surface area contributed by atoms with Gasteiger partial charge in [0.15, 0.2) is 0 Å². The Morgan fingerprint density at radius 2 is 1.81 bits per heavy atom. The molecular formula is C25H20FN5O. The van der Waals surface area contributed by atoms with Gasteiger partial charge in [-0.2, -0.15) is 15.3 Å². The van der Waals surface area contributed by atoms with E-state index in [1.54, 1.807) is 23.1 Å². The zero-order valence-electron chi connectivity index (χ0n) is 17.7. The van der Waals surface area contributed by atoms with Crippen LogP contribution in [0.25, 0.3) is 33.3 Å². The molecule has 0 saturated carbocycles. The Kier molecular flexibility index (Phi) is 5.07. The quantitative estimate of drug-likeness (QED) is 0.391. The molecule has 0 aliphatic rings. The number of aromatic nitrogens is 5. The molecule has 0 bridgehead atoms. The number of pyridine rings is 1. The summed E-state index contributed by atoms with van der Waals surface area (Å²) in [5.74, 6) is 0.475. The zero-order chi connectivity index (χ0) is 22.1. The van der Waals surface area contributed by atoms with E-state index in [9.17, 15) is 4.39 Å². The van der Waals surface area contributed by atoms with Crippen LogP contribution in [0.1, 0.15) is 11.3 Å². The van der Waals surface area contributed by atoms with E-state index < -0.39 is 0 Å². The third-order valence-corrected chi connectivity index (χ3v) is 5.27. The van der Waals surface area contributed by atoms with Crippen molar-refractivity contribution in [3.05, 3.63) is 90.3 Å². The number of hydrogen-bond acceptors (Lipinski definition) is 5. The van der Waals surface area contributed by atoms with E-state index in [-0.39, 0.29) is 5.82 Å². The Balaban J connectivity index is 1.36. The molecule has 0 atom stereocenters. The molecule has 2 aromatic carbocycles. The average molecular weight is 425 g/mol. The van der Waals surface area contributed by atoms with Crippen LogP contribution in [0.5, 0.6) is 5.75 Å². The van der Waals surface area contributed by atoms with Crippen molar-refractivity contribution in [2.24, 2.45) is 7.05 Å². The van der Waals surface area contributed by atoms with Crippen LogP contribution >= 0.6 is 0 Å². The molecule has 0 N–H and O–H groups in total. The highest BCUT2D eigenvalue weighted by Gasteiger charge is 2.12. The van der Waals surface area contributed by atoms with Crippen molar-refractivity contribution in [3.8, 4) is 28.1 Å². The number of ether oxygens (including phenoxy) is 1. The number of nitrogens with zero attached hydrogens (tertiary/aromatic N) is 5. The van der Waals surface area contributed by atoms with E-state index in [0.29, 0.717) is 6.61 Å². The van der Waals surface area contributed by atoms with Crippen molar-refractivity contribution in [1.82, 2.24) is 25.0 Å². The molecule has 0 radical (unpaired) electrons. The summed E-state index contributed by atoms with van der Waals surface area (Å²) in [6, 6.07) is 16.3. The molecular weight excluding hydrogens is 405 g/mol. The minimum absolute atomic E-state index is 0.260. The van der Waals surface area contributed by atoms with Crippen LogP contribution in [0.3, 0.4) is 0 Å². The molecule has 0 aliphatic heterocycles. The second-order valence-electron chi connectivity index (χ2n) is 7.60. The van der Waals surface area contributed by atoms with Gasteiger partial charge in [0, 0.05) is 35.3 Å². The highest BCUT2D eigenvalue weighted by molar-refractivity contribution is 5.83. The average Bonchev–Trinajstić information content (AvgIpc) is 3.19. The van der Waals surface area contributed by atoms with Crippen molar-refractivity contribution in [2.75, 3.05) is 0 Å². The predicted molar refractivity (Wildman–Crippen MR) is 120 cm³/mol. The standard InChI is InChI=1S/C25H20FN5O/c1-16-11-19-12-20(26)5-8-23(19)29-25(16)17-3-6-21(7-4-17)32-15-24-22(14-31(2)30-24)18-9-10-27-28-13-18/h3-14H,15H2,1-2H3. The number of hydrogen-bond donors (Lipinski definition) is 0. The number of aryl methyl sites for hydroxylation is 2. The maximum atomic E-state index is 13.5. The lowest BCUT2D eigenvalue weighted by Crippen LogP contribution is -1.99. The Morgan fingerprint density at radius 3 is 2.59 bits per heavy atom. The van der Waals surface area contributed by atoms with Gasteiger partial charge in [-0.15, -0.1) is 0 Å². The van der Waals surface area contributed by atoms with Gasteiger partial charge in [-0.3, -0.25) is 4.68 Å². The van der Waals surface area contributed by atoms with Crippen LogP contribution in [-0.2, 0) is 13.7 Å². The van der Waals surface area contributed by atoms with Crippen LogP contribution < -0.4 is 4.74 Å². The molecule has 5 rings (SSSR count). The highest BCUT2D eigenvalue weighted by atomic mass is 19.1. The lowest BCUT2D eigenvalue weighted by Gasteiger charge is -2.10. The van der Waals surface area contributed by atoms with Crippen LogP contribution in [0.4, 0.5) is 4.39 Å². The maximum absolute atomic E-state index is 13.5. The SMILES string of the molecule is Cc1cc2cc(F)ccc2nc1-c1ccc(OCc2nn(C)cc2-c2ccnnc2)cc1. The molecule has 0 unspecified atom stereocenters. The fourth-order valence-corrected chi connectivity index (χ4v) is 3.74. The number of halogens is 1. The Hall–Kier alpha value is -4.13. The minimum atomic E-state index is -0.260. The lowest BCUT2D eigenvalue weighted by atomic mass is 10.0. The summed E-state index contributed by atoms with van der Waals surface area (Å²) in [7, 11) is 1.88. The van der Waals surface area contributed by atoms with Gasteiger partial charge in [0.25, 0.3) is 0 Å². The molecule has 0 fully saturated rings. The van der Waals surface area contributed by atoms with Crippen molar-refractivity contribution < 1.29 is 9.13 Å². The topological polar surface area (TPSA) is 65.7 Å². The van der Waals surface area contributed by atoms with E-state index >= 15 is 0 Å². The fourth-order valence-electron chi connectivity index (χ4n) is 3.74.